The molecular weight excluding hydrogens is 512 g/mol. The number of aliphatic carboxylic acids is 1. The van der Waals surface area contributed by atoms with Crippen molar-refractivity contribution in [2.45, 2.75) is 143 Å². The standard InChI is InChI=1S/C31H56O5SSi/c1-9-11-16-24(3)23-26(36-38(7,8)31(4,5)6)20-18-25-19-21-27(35-29(34)15-10-2)30(25)37-22-14-12-13-17-28(32)33/h18,20,24-26H,9-17,19,21-23H2,1-8H3,(H,32,33)/t24-,25+,26-/m1/s1. The molecule has 1 aliphatic carbocycles. The van der Waals surface area contributed by atoms with Gasteiger partial charge in [0.2, 0.25) is 0 Å². The van der Waals surface area contributed by atoms with Crippen LogP contribution in [0, 0.1) is 11.8 Å². The number of hydrogen-bond acceptors (Lipinski definition) is 5. The van der Waals surface area contributed by atoms with E-state index in [-0.39, 0.29) is 29.5 Å². The van der Waals surface area contributed by atoms with E-state index >= 15 is 0 Å². The quantitative estimate of drug-likeness (QED) is 0.0724. The third kappa shape index (κ3) is 13.3. The van der Waals surface area contributed by atoms with E-state index in [2.05, 4.69) is 59.9 Å². The molecule has 0 bridgehead atoms. The van der Waals surface area contributed by atoms with Crippen LogP contribution in [0.5, 0.6) is 0 Å². The largest absolute Gasteiger partial charge is 0.481 e. The highest BCUT2D eigenvalue weighted by atomic mass is 32.2. The lowest BCUT2D eigenvalue weighted by Crippen LogP contribution is -2.43. The Balaban J connectivity index is 3.04. The number of thioether (sulfide) groups is 1. The average molecular weight is 569 g/mol. The van der Waals surface area contributed by atoms with Gasteiger partial charge in [-0.25, -0.2) is 0 Å². The van der Waals surface area contributed by atoms with Gasteiger partial charge in [0, 0.05) is 30.1 Å². The van der Waals surface area contributed by atoms with Gasteiger partial charge in [-0.2, -0.15) is 0 Å². The van der Waals surface area contributed by atoms with Gasteiger partial charge in [0.05, 0.1) is 6.10 Å². The molecule has 1 N–H and O–H groups in total. The van der Waals surface area contributed by atoms with Crippen LogP contribution < -0.4 is 0 Å². The topological polar surface area (TPSA) is 72.8 Å². The first-order valence-corrected chi connectivity index (χ1v) is 18.8. The monoisotopic (exact) mass is 568 g/mol. The van der Waals surface area contributed by atoms with E-state index < -0.39 is 14.3 Å². The summed E-state index contributed by atoms with van der Waals surface area (Å²) in [4.78, 5) is 24.3. The van der Waals surface area contributed by atoms with Crippen LogP contribution in [0.15, 0.2) is 22.8 Å². The Morgan fingerprint density at radius 2 is 1.82 bits per heavy atom. The van der Waals surface area contributed by atoms with Crippen LogP contribution in [-0.4, -0.2) is 37.2 Å². The van der Waals surface area contributed by atoms with Crippen molar-refractivity contribution in [3.63, 3.8) is 0 Å². The number of carbonyl (C=O) groups is 2. The lowest BCUT2D eigenvalue weighted by molar-refractivity contribution is -0.140. The van der Waals surface area contributed by atoms with Gasteiger partial charge >= 0.3 is 11.9 Å². The summed E-state index contributed by atoms with van der Waals surface area (Å²) in [6.45, 7) is 18.1. The Labute approximate surface area is 238 Å². The molecule has 0 radical (unpaired) electrons. The molecule has 5 nitrogen and oxygen atoms in total. The molecule has 0 aliphatic heterocycles. The maximum absolute atomic E-state index is 12.3. The molecule has 0 spiro atoms. The maximum atomic E-state index is 12.3. The van der Waals surface area contributed by atoms with E-state index in [1.807, 2.05) is 6.92 Å². The third-order valence-corrected chi connectivity index (χ3v) is 13.6. The summed E-state index contributed by atoms with van der Waals surface area (Å²) < 4.78 is 12.7. The summed E-state index contributed by atoms with van der Waals surface area (Å²) in [6.07, 6.45) is 15.2. The predicted octanol–water partition coefficient (Wildman–Crippen LogP) is 9.49. The number of carbonyl (C=O) groups excluding carboxylic acids is 1. The number of carboxylic acids is 1. The first-order valence-electron chi connectivity index (χ1n) is 14.9. The highest BCUT2D eigenvalue weighted by Gasteiger charge is 2.39. The Bertz CT molecular complexity index is 784. The van der Waals surface area contributed by atoms with Crippen LogP contribution in [0.25, 0.3) is 0 Å². The maximum Gasteiger partial charge on any atom is 0.310 e. The van der Waals surface area contributed by atoms with Crippen molar-refractivity contribution < 1.29 is 23.9 Å². The molecule has 1 rings (SSSR count). The number of rotatable bonds is 19. The number of allylic oxidation sites excluding steroid dienone is 3. The predicted molar refractivity (Wildman–Crippen MR) is 164 cm³/mol. The number of hydrogen-bond donors (Lipinski definition) is 1. The van der Waals surface area contributed by atoms with E-state index in [0.29, 0.717) is 18.8 Å². The number of unbranched alkanes of at least 4 members (excludes halogenated alkanes) is 3. The molecule has 0 fully saturated rings. The van der Waals surface area contributed by atoms with Crippen molar-refractivity contribution >= 4 is 32.0 Å². The van der Waals surface area contributed by atoms with Crippen LogP contribution in [0.2, 0.25) is 18.1 Å². The first kappa shape index (κ1) is 35.0. The molecule has 3 atom stereocenters. The molecule has 0 amide bonds. The Morgan fingerprint density at radius 1 is 1.11 bits per heavy atom. The first-order chi connectivity index (χ1) is 17.8. The van der Waals surface area contributed by atoms with Gasteiger partial charge < -0.3 is 14.3 Å². The number of esters is 1. The minimum atomic E-state index is -1.93. The summed E-state index contributed by atoms with van der Waals surface area (Å²) in [5.74, 6) is 1.72. The third-order valence-electron chi connectivity index (χ3n) is 7.77. The minimum Gasteiger partial charge on any atom is -0.481 e. The van der Waals surface area contributed by atoms with Crippen molar-refractivity contribution in [1.29, 1.82) is 0 Å². The van der Waals surface area contributed by atoms with Gasteiger partial charge in [0.15, 0.2) is 8.32 Å². The highest BCUT2D eigenvalue weighted by molar-refractivity contribution is 8.03. The van der Waals surface area contributed by atoms with Gasteiger partial charge in [-0.3, -0.25) is 9.59 Å². The summed E-state index contributed by atoms with van der Waals surface area (Å²) in [5.41, 5.74) is 0. The summed E-state index contributed by atoms with van der Waals surface area (Å²) >= 11 is 1.78. The van der Waals surface area contributed by atoms with E-state index in [0.717, 1.165) is 50.0 Å². The van der Waals surface area contributed by atoms with Crippen LogP contribution in [0.3, 0.4) is 0 Å². The van der Waals surface area contributed by atoms with E-state index in [1.54, 1.807) is 11.8 Å². The molecule has 0 saturated heterocycles. The number of ether oxygens (including phenoxy) is 1. The van der Waals surface area contributed by atoms with E-state index in [4.69, 9.17) is 14.3 Å². The molecule has 220 valence electrons. The zero-order valence-electron chi connectivity index (χ0n) is 25.6. The Hall–Kier alpha value is -1.05. The Morgan fingerprint density at radius 3 is 2.42 bits per heavy atom. The van der Waals surface area contributed by atoms with E-state index in [1.165, 1.54) is 24.2 Å². The van der Waals surface area contributed by atoms with Crippen molar-refractivity contribution in [1.82, 2.24) is 0 Å². The molecule has 0 unspecified atom stereocenters. The van der Waals surface area contributed by atoms with Gasteiger partial charge in [0.25, 0.3) is 0 Å². The summed E-state index contributed by atoms with van der Waals surface area (Å²) in [5, 5.41) is 9.03. The van der Waals surface area contributed by atoms with Crippen LogP contribution in [-0.2, 0) is 18.8 Å². The fourth-order valence-corrected chi connectivity index (χ4v) is 6.96. The van der Waals surface area contributed by atoms with Crippen LogP contribution in [0.1, 0.15) is 119 Å². The van der Waals surface area contributed by atoms with Crippen molar-refractivity contribution in [2.75, 3.05) is 5.75 Å². The van der Waals surface area contributed by atoms with Gasteiger partial charge in [-0.05, 0) is 61.9 Å². The molecule has 0 aromatic carbocycles. The van der Waals surface area contributed by atoms with Crippen molar-refractivity contribution in [3.8, 4) is 0 Å². The Kier molecular flexibility index (Phi) is 16.2. The molecule has 0 saturated carbocycles. The van der Waals surface area contributed by atoms with Crippen LogP contribution >= 0.6 is 11.8 Å². The molecule has 0 aromatic heterocycles. The van der Waals surface area contributed by atoms with Gasteiger partial charge in [0.1, 0.15) is 5.76 Å². The summed E-state index contributed by atoms with van der Waals surface area (Å²) in [7, 11) is -1.93. The molecule has 0 heterocycles. The fraction of sp³-hybridized carbons (Fsp3) is 0.806. The lowest BCUT2D eigenvalue weighted by atomic mass is 9.96. The highest BCUT2D eigenvalue weighted by Crippen LogP contribution is 2.42. The van der Waals surface area contributed by atoms with E-state index in [9.17, 15) is 9.59 Å². The molecule has 7 heteroatoms. The minimum absolute atomic E-state index is 0.0942. The molecule has 1 aliphatic rings. The fourth-order valence-electron chi connectivity index (χ4n) is 4.40. The van der Waals surface area contributed by atoms with Gasteiger partial charge in [-0.15, -0.1) is 11.8 Å². The zero-order chi connectivity index (χ0) is 28.8. The van der Waals surface area contributed by atoms with Crippen LogP contribution in [0.4, 0.5) is 0 Å². The normalized spacial score (nSPS) is 18.3. The lowest BCUT2D eigenvalue weighted by Gasteiger charge is -2.39. The van der Waals surface area contributed by atoms with Crippen molar-refractivity contribution in [3.05, 3.63) is 22.8 Å². The molecule has 0 aromatic rings. The zero-order valence-corrected chi connectivity index (χ0v) is 27.4. The SMILES string of the molecule is CCCC[C@@H](C)C[C@@H](C=C[C@H]1CCC(OC(=O)CCC)=C1SCCCCCC(=O)O)O[Si](C)(C)C(C)(C)C. The second kappa shape index (κ2) is 17.6. The molecular formula is C31H56O5SSi. The number of carboxylic acid groups (broad SMARTS) is 1. The van der Waals surface area contributed by atoms with Gasteiger partial charge in [-0.1, -0.05) is 79.4 Å². The second-order valence-electron chi connectivity index (χ2n) is 12.5. The second-order valence-corrected chi connectivity index (χ2v) is 18.4. The summed E-state index contributed by atoms with van der Waals surface area (Å²) in [6, 6.07) is 0. The smallest absolute Gasteiger partial charge is 0.310 e. The van der Waals surface area contributed by atoms with Crippen molar-refractivity contribution in [2.24, 2.45) is 11.8 Å². The average Bonchev–Trinajstić information content (AvgIpc) is 3.18. The molecule has 38 heavy (non-hydrogen) atoms.